The first-order valence-electron chi connectivity index (χ1n) is 5.68. The van der Waals surface area contributed by atoms with Crippen LogP contribution in [0.15, 0.2) is 0 Å². The van der Waals surface area contributed by atoms with E-state index in [1.165, 1.54) is 0 Å². The molecule has 4 heteroatoms. The lowest BCUT2D eigenvalue weighted by Crippen LogP contribution is -2.15. The minimum atomic E-state index is 0.108. The summed E-state index contributed by atoms with van der Waals surface area (Å²) in [4.78, 5) is 11.9. The second kappa shape index (κ2) is 5.48. The summed E-state index contributed by atoms with van der Waals surface area (Å²) in [6.45, 7) is 5.92. The molecule has 0 N–H and O–H groups in total. The van der Waals surface area contributed by atoms with Gasteiger partial charge >= 0.3 is 0 Å². The Hall–Kier alpha value is -0.830. The number of aryl methyl sites for hydroxylation is 2. The van der Waals surface area contributed by atoms with E-state index in [9.17, 15) is 4.79 Å². The summed E-state index contributed by atoms with van der Waals surface area (Å²) in [6.07, 6.45) is 2.36. The molecular weight excluding hydrogens is 224 g/mol. The van der Waals surface area contributed by atoms with Crippen molar-refractivity contribution < 1.29 is 4.79 Å². The SMILES string of the molecule is CCCC(C)C(=O)Cc1c(Cl)c(C)nn1C. The fourth-order valence-corrected chi connectivity index (χ4v) is 2.03. The highest BCUT2D eigenvalue weighted by atomic mass is 35.5. The molecule has 0 aliphatic heterocycles. The molecule has 0 saturated carbocycles. The quantitative estimate of drug-likeness (QED) is 0.796. The Morgan fingerprint density at radius 2 is 2.19 bits per heavy atom. The van der Waals surface area contributed by atoms with Crippen molar-refractivity contribution >= 4 is 17.4 Å². The van der Waals surface area contributed by atoms with E-state index in [-0.39, 0.29) is 11.7 Å². The van der Waals surface area contributed by atoms with Gasteiger partial charge in [-0.15, -0.1) is 0 Å². The van der Waals surface area contributed by atoms with Gasteiger partial charge in [0, 0.05) is 13.0 Å². The van der Waals surface area contributed by atoms with Gasteiger partial charge in [0.1, 0.15) is 5.78 Å². The molecular formula is C12H19ClN2O. The summed E-state index contributed by atoms with van der Waals surface area (Å²) in [7, 11) is 1.83. The zero-order valence-electron chi connectivity index (χ0n) is 10.4. The molecule has 90 valence electrons. The molecule has 0 fully saturated rings. The van der Waals surface area contributed by atoms with E-state index in [0.29, 0.717) is 11.4 Å². The monoisotopic (exact) mass is 242 g/mol. The molecule has 0 spiro atoms. The number of rotatable bonds is 5. The van der Waals surface area contributed by atoms with Crippen molar-refractivity contribution in [2.24, 2.45) is 13.0 Å². The maximum atomic E-state index is 11.9. The Kier molecular flexibility index (Phi) is 4.54. The fourth-order valence-electron chi connectivity index (χ4n) is 1.81. The second-order valence-corrected chi connectivity index (χ2v) is 4.68. The standard InChI is InChI=1S/C12H19ClN2O/c1-5-6-8(2)11(16)7-10-12(13)9(3)14-15(10)4/h8H,5-7H2,1-4H3. The number of aromatic nitrogens is 2. The number of halogens is 1. The lowest BCUT2D eigenvalue weighted by atomic mass is 9.97. The van der Waals surface area contributed by atoms with Gasteiger partial charge in [0.15, 0.2) is 0 Å². The van der Waals surface area contributed by atoms with Crippen molar-refractivity contribution in [3.63, 3.8) is 0 Å². The zero-order valence-corrected chi connectivity index (χ0v) is 11.1. The van der Waals surface area contributed by atoms with Crippen molar-refractivity contribution in [1.29, 1.82) is 0 Å². The highest BCUT2D eigenvalue weighted by Crippen LogP contribution is 2.21. The molecule has 0 bridgehead atoms. The number of nitrogens with zero attached hydrogens (tertiary/aromatic N) is 2. The van der Waals surface area contributed by atoms with Gasteiger partial charge in [-0.3, -0.25) is 9.48 Å². The lowest BCUT2D eigenvalue weighted by Gasteiger charge is -2.09. The van der Waals surface area contributed by atoms with Crippen LogP contribution in [0.3, 0.4) is 0 Å². The number of hydrogen-bond acceptors (Lipinski definition) is 2. The summed E-state index contributed by atoms with van der Waals surface area (Å²) in [6, 6.07) is 0. The Bertz CT molecular complexity index is 385. The van der Waals surface area contributed by atoms with Crippen molar-refractivity contribution in [3.05, 3.63) is 16.4 Å². The van der Waals surface area contributed by atoms with Gasteiger partial charge in [0.2, 0.25) is 0 Å². The molecule has 0 aromatic carbocycles. The van der Waals surface area contributed by atoms with Gasteiger partial charge in [-0.25, -0.2) is 0 Å². The molecule has 0 aliphatic rings. The van der Waals surface area contributed by atoms with Crippen LogP contribution < -0.4 is 0 Å². The first-order chi connectivity index (χ1) is 7.47. The number of carbonyl (C=O) groups excluding carboxylic acids is 1. The molecule has 1 atom stereocenters. The number of ketones is 1. The first-order valence-corrected chi connectivity index (χ1v) is 6.05. The molecule has 0 radical (unpaired) electrons. The molecule has 1 aromatic rings. The van der Waals surface area contributed by atoms with Gasteiger partial charge in [0.25, 0.3) is 0 Å². The van der Waals surface area contributed by atoms with E-state index < -0.39 is 0 Å². The van der Waals surface area contributed by atoms with Crippen LogP contribution in [-0.2, 0) is 18.3 Å². The molecule has 16 heavy (non-hydrogen) atoms. The highest BCUT2D eigenvalue weighted by molar-refractivity contribution is 6.32. The molecule has 1 heterocycles. The van der Waals surface area contributed by atoms with Crippen LogP contribution in [0.4, 0.5) is 0 Å². The summed E-state index contributed by atoms with van der Waals surface area (Å²) < 4.78 is 1.70. The normalized spacial score (nSPS) is 12.8. The highest BCUT2D eigenvalue weighted by Gasteiger charge is 2.18. The Balaban J connectivity index is 2.77. The second-order valence-electron chi connectivity index (χ2n) is 4.30. The van der Waals surface area contributed by atoms with Gasteiger partial charge < -0.3 is 0 Å². The van der Waals surface area contributed by atoms with E-state index in [1.807, 2.05) is 20.9 Å². The van der Waals surface area contributed by atoms with E-state index in [2.05, 4.69) is 12.0 Å². The summed E-state index contributed by atoms with van der Waals surface area (Å²) >= 11 is 6.10. The average molecular weight is 243 g/mol. The molecule has 1 rings (SSSR count). The Morgan fingerprint density at radius 1 is 1.56 bits per heavy atom. The number of hydrogen-bond donors (Lipinski definition) is 0. The molecule has 1 unspecified atom stereocenters. The van der Waals surface area contributed by atoms with Crippen molar-refractivity contribution in [2.75, 3.05) is 0 Å². The van der Waals surface area contributed by atoms with Crippen molar-refractivity contribution in [2.45, 2.75) is 40.0 Å². The summed E-state index contributed by atoms with van der Waals surface area (Å²) in [5.41, 5.74) is 1.61. The summed E-state index contributed by atoms with van der Waals surface area (Å²) in [5, 5.41) is 4.83. The van der Waals surface area contributed by atoms with Crippen molar-refractivity contribution in [3.8, 4) is 0 Å². The molecule has 0 saturated heterocycles. The van der Waals surface area contributed by atoms with Crippen LogP contribution in [0.5, 0.6) is 0 Å². The third kappa shape index (κ3) is 2.85. The number of carbonyl (C=O) groups is 1. The van der Waals surface area contributed by atoms with Gasteiger partial charge in [-0.2, -0.15) is 5.10 Å². The third-order valence-corrected chi connectivity index (χ3v) is 3.37. The van der Waals surface area contributed by atoms with E-state index >= 15 is 0 Å². The largest absolute Gasteiger partial charge is 0.299 e. The third-order valence-electron chi connectivity index (χ3n) is 2.87. The van der Waals surface area contributed by atoms with Crippen LogP contribution in [0.1, 0.15) is 38.1 Å². The Labute approximate surface area is 102 Å². The van der Waals surface area contributed by atoms with E-state index in [4.69, 9.17) is 11.6 Å². The molecule has 1 aromatic heterocycles. The zero-order chi connectivity index (χ0) is 12.3. The number of Topliss-reactive ketones (excluding diaryl/α,β-unsaturated/α-hetero) is 1. The van der Waals surface area contributed by atoms with Crippen LogP contribution in [0.2, 0.25) is 5.02 Å². The fraction of sp³-hybridized carbons (Fsp3) is 0.667. The smallest absolute Gasteiger partial charge is 0.141 e. The van der Waals surface area contributed by atoms with Crippen molar-refractivity contribution in [1.82, 2.24) is 9.78 Å². The average Bonchev–Trinajstić information content (AvgIpc) is 2.45. The summed E-state index contributed by atoms with van der Waals surface area (Å²) in [5.74, 6) is 0.350. The topological polar surface area (TPSA) is 34.9 Å². The van der Waals surface area contributed by atoms with Gasteiger partial charge in [0.05, 0.1) is 22.8 Å². The molecule has 0 amide bonds. The predicted molar refractivity (Wildman–Crippen MR) is 65.7 cm³/mol. The van der Waals surface area contributed by atoms with Crippen LogP contribution in [0, 0.1) is 12.8 Å². The maximum absolute atomic E-state index is 11.9. The van der Waals surface area contributed by atoms with Crippen LogP contribution in [-0.4, -0.2) is 15.6 Å². The lowest BCUT2D eigenvalue weighted by molar-refractivity contribution is -0.122. The minimum absolute atomic E-state index is 0.108. The van der Waals surface area contributed by atoms with E-state index in [1.54, 1.807) is 4.68 Å². The predicted octanol–water partition coefficient (Wildman–Crippen LogP) is 2.93. The van der Waals surface area contributed by atoms with Gasteiger partial charge in [-0.05, 0) is 13.3 Å². The minimum Gasteiger partial charge on any atom is -0.299 e. The van der Waals surface area contributed by atoms with E-state index in [0.717, 1.165) is 24.2 Å². The van der Waals surface area contributed by atoms with Crippen LogP contribution >= 0.6 is 11.6 Å². The molecule has 3 nitrogen and oxygen atoms in total. The maximum Gasteiger partial charge on any atom is 0.141 e. The Morgan fingerprint density at radius 3 is 2.62 bits per heavy atom. The first kappa shape index (κ1) is 13.2. The van der Waals surface area contributed by atoms with Crippen LogP contribution in [0.25, 0.3) is 0 Å². The molecule has 0 aliphatic carbocycles. The van der Waals surface area contributed by atoms with Gasteiger partial charge in [-0.1, -0.05) is 31.9 Å².